The van der Waals surface area contributed by atoms with Gasteiger partial charge in [0.25, 0.3) is 10.2 Å². The zero-order valence-electron chi connectivity index (χ0n) is 14.3. The molecule has 0 amide bonds. The van der Waals surface area contributed by atoms with Crippen LogP contribution in [0.15, 0.2) is 18.2 Å². The van der Waals surface area contributed by atoms with Crippen LogP contribution in [0.2, 0.25) is 0 Å². The molecule has 2 fully saturated rings. The van der Waals surface area contributed by atoms with Crippen LogP contribution in [0, 0.1) is 0 Å². The lowest BCUT2D eigenvalue weighted by Crippen LogP contribution is -2.37. The van der Waals surface area contributed by atoms with E-state index in [2.05, 4.69) is 14.3 Å². The summed E-state index contributed by atoms with van der Waals surface area (Å²) in [4.78, 5) is 2.30. The van der Waals surface area contributed by atoms with E-state index in [0.717, 1.165) is 44.5 Å². The number of methoxy groups -OCH3 is 1. The van der Waals surface area contributed by atoms with Crippen LogP contribution in [0.5, 0.6) is 5.75 Å². The number of anilines is 2. The van der Waals surface area contributed by atoms with Crippen molar-refractivity contribution in [3.8, 4) is 5.75 Å². The third-order valence-corrected chi connectivity index (χ3v) is 5.96. The first kappa shape index (κ1) is 17.4. The van der Waals surface area contributed by atoms with Crippen LogP contribution in [0.1, 0.15) is 44.9 Å². The lowest BCUT2D eigenvalue weighted by atomic mass is 10.1. The Kier molecular flexibility index (Phi) is 5.50. The van der Waals surface area contributed by atoms with Gasteiger partial charge in [-0.25, -0.2) is 0 Å². The van der Waals surface area contributed by atoms with Crippen molar-refractivity contribution in [2.24, 2.45) is 0 Å². The summed E-state index contributed by atoms with van der Waals surface area (Å²) in [7, 11) is -2.04. The highest BCUT2D eigenvalue weighted by molar-refractivity contribution is 7.90. The molecule has 2 N–H and O–H groups in total. The number of nitrogens with zero attached hydrogens (tertiary/aromatic N) is 1. The largest absolute Gasteiger partial charge is 0.495 e. The summed E-state index contributed by atoms with van der Waals surface area (Å²) in [5, 5.41) is 0. The molecular weight excluding hydrogens is 326 g/mol. The minimum atomic E-state index is -3.60. The summed E-state index contributed by atoms with van der Waals surface area (Å²) in [5.41, 5.74) is 1.53. The number of rotatable bonds is 6. The molecule has 1 aromatic carbocycles. The molecule has 0 aromatic heterocycles. The Labute approximate surface area is 144 Å². The topological polar surface area (TPSA) is 70.7 Å². The van der Waals surface area contributed by atoms with Gasteiger partial charge >= 0.3 is 0 Å². The van der Waals surface area contributed by atoms with E-state index in [1.165, 1.54) is 19.3 Å². The van der Waals surface area contributed by atoms with Crippen LogP contribution in [0.4, 0.5) is 11.4 Å². The Hall–Kier alpha value is -1.47. The van der Waals surface area contributed by atoms with Crippen LogP contribution in [-0.4, -0.2) is 34.7 Å². The molecule has 24 heavy (non-hydrogen) atoms. The molecule has 7 heteroatoms. The lowest BCUT2D eigenvalue weighted by molar-refractivity contribution is 0.416. The fourth-order valence-electron chi connectivity index (χ4n) is 3.56. The quantitative estimate of drug-likeness (QED) is 0.825. The summed E-state index contributed by atoms with van der Waals surface area (Å²) in [6, 6.07) is 5.74. The highest BCUT2D eigenvalue weighted by Crippen LogP contribution is 2.31. The number of hydrogen-bond donors (Lipinski definition) is 2. The fraction of sp³-hybridized carbons (Fsp3) is 0.647. The molecular formula is C17H27N3O3S. The number of benzene rings is 1. The summed E-state index contributed by atoms with van der Waals surface area (Å²) in [5.74, 6) is 0.535. The molecule has 0 bridgehead atoms. The first-order valence-corrected chi connectivity index (χ1v) is 10.3. The standard InChI is InChI=1S/C17H27N3O3S/c1-23-17-10-9-15(20-11-5-2-6-12-20)13-16(17)19-24(21,22)18-14-7-3-4-8-14/h9-10,13-14,18-19H,2-8,11-12H2,1H3. The third-order valence-electron chi connectivity index (χ3n) is 4.83. The van der Waals surface area contributed by atoms with Crippen molar-refractivity contribution in [2.45, 2.75) is 51.0 Å². The molecule has 1 saturated heterocycles. The van der Waals surface area contributed by atoms with Gasteiger partial charge in [-0.2, -0.15) is 13.1 Å². The maximum Gasteiger partial charge on any atom is 0.299 e. The SMILES string of the molecule is COc1ccc(N2CCCCC2)cc1NS(=O)(=O)NC1CCCC1. The minimum absolute atomic E-state index is 0.0405. The van der Waals surface area contributed by atoms with Gasteiger partial charge in [0.15, 0.2) is 0 Å². The first-order valence-electron chi connectivity index (χ1n) is 8.80. The Bertz CT molecular complexity index is 651. The van der Waals surface area contributed by atoms with Gasteiger partial charge in [0.05, 0.1) is 12.8 Å². The molecule has 1 aliphatic carbocycles. The third kappa shape index (κ3) is 4.33. The van der Waals surface area contributed by atoms with Gasteiger partial charge < -0.3 is 9.64 Å². The predicted molar refractivity (Wildman–Crippen MR) is 97.0 cm³/mol. The molecule has 1 saturated carbocycles. The summed E-state index contributed by atoms with van der Waals surface area (Å²) >= 11 is 0. The van der Waals surface area contributed by atoms with E-state index >= 15 is 0 Å². The second-order valence-corrected chi connectivity index (χ2v) is 8.08. The van der Waals surface area contributed by atoms with E-state index < -0.39 is 10.2 Å². The van der Waals surface area contributed by atoms with Crippen molar-refractivity contribution in [1.29, 1.82) is 0 Å². The molecule has 1 aromatic rings. The molecule has 0 radical (unpaired) electrons. The van der Waals surface area contributed by atoms with Gasteiger partial charge in [-0.05, 0) is 50.3 Å². The zero-order chi connectivity index (χ0) is 17.0. The van der Waals surface area contributed by atoms with Crippen molar-refractivity contribution >= 4 is 21.6 Å². The molecule has 6 nitrogen and oxygen atoms in total. The second-order valence-electron chi connectivity index (χ2n) is 6.64. The van der Waals surface area contributed by atoms with Crippen LogP contribution < -0.4 is 19.1 Å². The van der Waals surface area contributed by atoms with E-state index in [0.29, 0.717) is 11.4 Å². The lowest BCUT2D eigenvalue weighted by Gasteiger charge is -2.29. The van der Waals surface area contributed by atoms with Crippen molar-refractivity contribution in [1.82, 2.24) is 4.72 Å². The molecule has 1 aliphatic heterocycles. The number of hydrogen-bond acceptors (Lipinski definition) is 4. The number of nitrogens with one attached hydrogen (secondary N) is 2. The van der Waals surface area contributed by atoms with Crippen molar-refractivity contribution in [3.05, 3.63) is 18.2 Å². The van der Waals surface area contributed by atoms with Gasteiger partial charge in [-0.3, -0.25) is 4.72 Å². The first-order chi connectivity index (χ1) is 11.6. The van der Waals surface area contributed by atoms with E-state index in [4.69, 9.17) is 4.74 Å². The van der Waals surface area contributed by atoms with Gasteiger partial charge in [0.2, 0.25) is 0 Å². The van der Waals surface area contributed by atoms with Crippen molar-refractivity contribution in [3.63, 3.8) is 0 Å². The number of ether oxygens (including phenoxy) is 1. The van der Waals surface area contributed by atoms with Crippen molar-refractivity contribution in [2.75, 3.05) is 29.8 Å². The minimum Gasteiger partial charge on any atom is -0.495 e. The van der Waals surface area contributed by atoms with E-state index in [1.807, 2.05) is 18.2 Å². The van der Waals surface area contributed by atoms with Crippen LogP contribution in [0.3, 0.4) is 0 Å². The van der Waals surface area contributed by atoms with Crippen molar-refractivity contribution < 1.29 is 13.2 Å². The van der Waals surface area contributed by atoms with Crippen LogP contribution in [0.25, 0.3) is 0 Å². The van der Waals surface area contributed by atoms with E-state index in [-0.39, 0.29) is 6.04 Å². The molecule has 134 valence electrons. The van der Waals surface area contributed by atoms with Crippen LogP contribution >= 0.6 is 0 Å². The van der Waals surface area contributed by atoms with Crippen LogP contribution in [-0.2, 0) is 10.2 Å². The second kappa shape index (κ2) is 7.61. The average Bonchev–Trinajstić information content (AvgIpc) is 3.07. The molecule has 0 unspecified atom stereocenters. The van der Waals surface area contributed by atoms with E-state index in [1.54, 1.807) is 7.11 Å². The molecule has 2 aliphatic rings. The van der Waals surface area contributed by atoms with Gasteiger partial charge in [0.1, 0.15) is 5.75 Å². The Morgan fingerprint density at radius 2 is 1.79 bits per heavy atom. The van der Waals surface area contributed by atoms with Gasteiger partial charge in [-0.15, -0.1) is 0 Å². The number of piperidine rings is 1. The van der Waals surface area contributed by atoms with E-state index in [9.17, 15) is 8.42 Å². The highest BCUT2D eigenvalue weighted by Gasteiger charge is 2.22. The Balaban J connectivity index is 1.77. The highest BCUT2D eigenvalue weighted by atomic mass is 32.2. The fourth-order valence-corrected chi connectivity index (χ4v) is 4.74. The summed E-state index contributed by atoms with van der Waals surface area (Å²) in [6.45, 7) is 2.03. The molecule has 0 atom stereocenters. The average molecular weight is 353 g/mol. The maximum atomic E-state index is 12.4. The molecule has 3 rings (SSSR count). The summed E-state index contributed by atoms with van der Waals surface area (Å²) < 4.78 is 35.6. The smallest absolute Gasteiger partial charge is 0.299 e. The zero-order valence-corrected chi connectivity index (χ0v) is 15.1. The molecule has 1 heterocycles. The maximum absolute atomic E-state index is 12.4. The predicted octanol–water partition coefficient (Wildman–Crippen LogP) is 2.87. The Morgan fingerprint density at radius 3 is 2.46 bits per heavy atom. The van der Waals surface area contributed by atoms with Gasteiger partial charge in [-0.1, -0.05) is 12.8 Å². The normalized spacial score (nSPS) is 19.5. The monoisotopic (exact) mass is 353 g/mol. The molecule has 0 spiro atoms. The van der Waals surface area contributed by atoms with Gasteiger partial charge in [0, 0.05) is 24.8 Å². The Morgan fingerprint density at radius 1 is 1.08 bits per heavy atom. The summed E-state index contributed by atoms with van der Waals surface area (Å²) in [6.07, 6.45) is 7.60.